The molecule has 0 heterocycles. The first-order chi connectivity index (χ1) is 12.8. The number of anilines is 2. The summed E-state index contributed by atoms with van der Waals surface area (Å²) in [5, 5.41) is 4.97. The molecule has 2 amide bonds. The number of nitrogens with one attached hydrogen (secondary N) is 2. The average molecular weight is 418 g/mol. The van der Waals surface area contributed by atoms with E-state index in [1.54, 1.807) is 0 Å². The summed E-state index contributed by atoms with van der Waals surface area (Å²) < 4.78 is 49.0. The number of hydrogen-bond acceptors (Lipinski definition) is 4. The van der Waals surface area contributed by atoms with Gasteiger partial charge < -0.3 is 10.6 Å². The van der Waals surface area contributed by atoms with Crippen LogP contribution in [0.2, 0.25) is 0 Å². The highest BCUT2D eigenvalue weighted by atomic mass is 32.2. The molecule has 2 aromatic carbocycles. The molecule has 0 fully saturated rings. The van der Waals surface area contributed by atoms with Crippen molar-refractivity contribution in [3.05, 3.63) is 48.5 Å². The van der Waals surface area contributed by atoms with E-state index < -0.39 is 29.8 Å². The highest BCUT2D eigenvalue weighted by molar-refractivity contribution is 7.99. The first-order valence-corrected chi connectivity index (χ1v) is 9.27. The van der Waals surface area contributed by atoms with Crippen LogP contribution in [0.3, 0.4) is 0 Å². The van der Waals surface area contributed by atoms with Gasteiger partial charge in [0.15, 0.2) is 0 Å². The number of benzene rings is 2. The van der Waals surface area contributed by atoms with Crippen molar-refractivity contribution in [2.45, 2.75) is 27.7 Å². The van der Waals surface area contributed by atoms with Crippen molar-refractivity contribution < 1.29 is 27.2 Å². The lowest BCUT2D eigenvalue weighted by Crippen LogP contribution is -2.21. The maximum Gasteiger partial charge on any atom is 0.288 e. The fourth-order valence-corrected chi connectivity index (χ4v) is 2.99. The van der Waals surface area contributed by atoms with Crippen LogP contribution in [0.5, 0.6) is 0 Å². The van der Waals surface area contributed by atoms with Gasteiger partial charge in [-0.15, -0.1) is 0 Å². The Kier molecular flexibility index (Phi) is 7.99. The molecule has 0 atom stereocenters. The highest BCUT2D eigenvalue weighted by Gasteiger charge is 2.11. The van der Waals surface area contributed by atoms with Crippen LogP contribution in [0, 0.1) is 0 Å². The fraction of sp³-hybridized carbons (Fsp3) is 0.176. The van der Waals surface area contributed by atoms with Gasteiger partial charge in [-0.3, -0.25) is 9.59 Å². The second-order valence-electron chi connectivity index (χ2n) is 5.08. The minimum absolute atomic E-state index is 0.356. The number of rotatable bonds is 8. The molecule has 0 unspecified atom stereocenters. The Morgan fingerprint density at radius 2 is 1.04 bits per heavy atom. The lowest BCUT2D eigenvalue weighted by molar-refractivity contribution is -0.123. The minimum Gasteiger partial charge on any atom is -0.326 e. The van der Waals surface area contributed by atoms with Gasteiger partial charge in [0.2, 0.25) is 11.8 Å². The van der Waals surface area contributed by atoms with Gasteiger partial charge in [0.1, 0.15) is 6.42 Å². The smallest absolute Gasteiger partial charge is 0.288 e. The van der Waals surface area contributed by atoms with Crippen LogP contribution in [-0.4, -0.2) is 23.3 Å². The fourth-order valence-electron chi connectivity index (χ4n) is 2.00. The standard InChI is InChI=1S/C17H14F4N2O2S2/c18-16(19)26-12-5-1-10(2-6-12)22-14(24)9-15(25)23-11-3-7-13(8-4-11)27-17(20)21/h1-8,16-17H,9H2,(H,22,24)(H,23,25). The SMILES string of the molecule is O=C(CC(=O)Nc1ccc(SC(F)F)cc1)Nc1ccc(SC(F)F)cc1. The van der Waals surface area contributed by atoms with Gasteiger partial charge in [0.05, 0.1) is 0 Å². The molecule has 0 radical (unpaired) electrons. The van der Waals surface area contributed by atoms with Crippen LogP contribution in [0.25, 0.3) is 0 Å². The largest absolute Gasteiger partial charge is 0.326 e. The lowest BCUT2D eigenvalue weighted by atomic mass is 10.3. The zero-order valence-electron chi connectivity index (χ0n) is 13.6. The van der Waals surface area contributed by atoms with Crippen molar-refractivity contribution in [2.24, 2.45) is 0 Å². The summed E-state index contributed by atoms with van der Waals surface area (Å²) in [6, 6.07) is 11.6. The van der Waals surface area contributed by atoms with Gasteiger partial charge >= 0.3 is 0 Å². The Hall–Kier alpha value is -2.20. The molecule has 0 aliphatic rings. The molecule has 2 N–H and O–H groups in total. The maximum absolute atomic E-state index is 12.2. The molecule has 2 aromatic rings. The maximum atomic E-state index is 12.2. The summed E-state index contributed by atoms with van der Waals surface area (Å²) in [7, 11) is 0. The van der Waals surface area contributed by atoms with Crippen LogP contribution >= 0.6 is 23.5 Å². The molecular weight excluding hydrogens is 404 g/mol. The third-order valence-corrected chi connectivity index (χ3v) is 4.49. The van der Waals surface area contributed by atoms with E-state index in [2.05, 4.69) is 10.6 Å². The van der Waals surface area contributed by atoms with E-state index in [0.29, 0.717) is 44.7 Å². The van der Waals surface area contributed by atoms with Crippen LogP contribution < -0.4 is 10.6 Å². The van der Waals surface area contributed by atoms with E-state index in [-0.39, 0.29) is 0 Å². The van der Waals surface area contributed by atoms with Gasteiger partial charge in [-0.1, -0.05) is 23.5 Å². The normalized spacial score (nSPS) is 10.9. The molecule has 0 saturated carbocycles. The Balaban J connectivity index is 1.82. The Bertz CT molecular complexity index is 706. The molecule has 0 aromatic heterocycles. The second-order valence-corrected chi connectivity index (χ2v) is 7.21. The van der Waals surface area contributed by atoms with E-state index in [1.807, 2.05) is 0 Å². The van der Waals surface area contributed by atoms with Gasteiger partial charge in [-0.25, -0.2) is 0 Å². The molecule has 144 valence electrons. The Morgan fingerprint density at radius 3 is 1.33 bits per heavy atom. The third-order valence-electron chi connectivity index (χ3n) is 3.05. The third kappa shape index (κ3) is 7.92. The first-order valence-electron chi connectivity index (χ1n) is 7.51. The summed E-state index contributed by atoms with van der Waals surface area (Å²) in [4.78, 5) is 24.4. The molecule has 10 heteroatoms. The van der Waals surface area contributed by atoms with E-state index in [0.717, 1.165) is 0 Å². The molecule has 0 aliphatic carbocycles. The molecule has 4 nitrogen and oxygen atoms in total. The molecule has 0 bridgehead atoms. The zero-order chi connectivity index (χ0) is 19.8. The highest BCUT2D eigenvalue weighted by Crippen LogP contribution is 2.27. The Labute approximate surface area is 161 Å². The molecule has 27 heavy (non-hydrogen) atoms. The number of halogens is 4. The van der Waals surface area contributed by atoms with E-state index in [1.165, 1.54) is 48.5 Å². The predicted octanol–water partition coefficient (Wildman–Crippen LogP) is 5.28. The second kappa shape index (κ2) is 10.2. The molecule has 0 spiro atoms. The van der Waals surface area contributed by atoms with Crippen LogP contribution in [0.15, 0.2) is 58.3 Å². The number of carbonyl (C=O) groups excluding carboxylic acids is 2. The van der Waals surface area contributed by atoms with Crippen molar-refractivity contribution in [3.63, 3.8) is 0 Å². The van der Waals surface area contributed by atoms with Crippen LogP contribution in [0.1, 0.15) is 6.42 Å². The van der Waals surface area contributed by atoms with Gasteiger partial charge in [-0.05, 0) is 48.5 Å². The molecule has 0 aliphatic heterocycles. The van der Waals surface area contributed by atoms with Crippen molar-refractivity contribution in [1.82, 2.24) is 0 Å². The lowest BCUT2D eigenvalue weighted by Gasteiger charge is -2.08. The Morgan fingerprint density at radius 1 is 0.704 bits per heavy atom. The molecule has 0 saturated heterocycles. The van der Waals surface area contributed by atoms with Gasteiger partial charge in [0, 0.05) is 21.2 Å². The molecular formula is C17H14F4N2O2S2. The van der Waals surface area contributed by atoms with E-state index >= 15 is 0 Å². The average Bonchev–Trinajstić information content (AvgIpc) is 2.57. The first kappa shape index (κ1) is 21.1. The topological polar surface area (TPSA) is 58.2 Å². The van der Waals surface area contributed by atoms with E-state index in [4.69, 9.17) is 0 Å². The van der Waals surface area contributed by atoms with Crippen LogP contribution in [0.4, 0.5) is 28.9 Å². The zero-order valence-corrected chi connectivity index (χ0v) is 15.3. The predicted molar refractivity (Wildman–Crippen MR) is 98.5 cm³/mol. The summed E-state index contributed by atoms with van der Waals surface area (Å²) in [5.41, 5.74) is 0.750. The molecule has 2 rings (SSSR count). The minimum atomic E-state index is -2.53. The summed E-state index contributed by atoms with van der Waals surface area (Å²) in [6.45, 7) is 0. The summed E-state index contributed by atoms with van der Waals surface area (Å²) in [6.07, 6.45) is -0.457. The number of thioether (sulfide) groups is 2. The monoisotopic (exact) mass is 418 g/mol. The van der Waals surface area contributed by atoms with E-state index in [9.17, 15) is 27.2 Å². The summed E-state index contributed by atoms with van der Waals surface area (Å²) >= 11 is 0.777. The number of carbonyl (C=O) groups is 2. The van der Waals surface area contributed by atoms with Gasteiger partial charge in [0.25, 0.3) is 11.5 Å². The number of amides is 2. The number of hydrogen-bond donors (Lipinski definition) is 2. The van der Waals surface area contributed by atoms with Gasteiger partial charge in [-0.2, -0.15) is 17.6 Å². The summed E-state index contributed by atoms with van der Waals surface area (Å²) in [5.74, 6) is -6.22. The van der Waals surface area contributed by atoms with Crippen molar-refractivity contribution in [1.29, 1.82) is 0 Å². The van der Waals surface area contributed by atoms with Crippen molar-refractivity contribution >= 4 is 46.7 Å². The number of alkyl halides is 4. The van der Waals surface area contributed by atoms with Crippen molar-refractivity contribution in [3.8, 4) is 0 Å². The quantitative estimate of drug-likeness (QED) is 0.348. The van der Waals surface area contributed by atoms with Crippen LogP contribution in [-0.2, 0) is 9.59 Å². The van der Waals surface area contributed by atoms with Crippen molar-refractivity contribution in [2.75, 3.05) is 10.6 Å².